The van der Waals surface area contributed by atoms with E-state index in [-0.39, 0.29) is 47.8 Å². The van der Waals surface area contributed by atoms with Crippen LogP contribution >= 0.6 is 0 Å². The maximum Gasteiger partial charge on any atom is 0.305 e. The van der Waals surface area contributed by atoms with Crippen LogP contribution in [0.25, 0.3) is 11.0 Å². The SMILES string of the molecule is CC12CC[C@@H](NC(=O)CNc3ccc([N+](=O)[O-])c4nonc34)CC1CCC1C2CC[C@]2(C)C(CCCC(=O)OCCOCCOCCN)CCC12. The molecule has 282 valence electrons. The first kappa shape index (κ1) is 37.4. The fraction of sp³-hybridized carbons (Fsp3) is 0.784. The van der Waals surface area contributed by atoms with Gasteiger partial charge in [0, 0.05) is 25.1 Å². The van der Waals surface area contributed by atoms with Crippen molar-refractivity contribution in [3.63, 3.8) is 0 Å². The third-order valence-electron chi connectivity index (χ3n) is 13.3. The first-order valence-corrected chi connectivity index (χ1v) is 19.1. The summed E-state index contributed by atoms with van der Waals surface area (Å²) >= 11 is 0. The number of hydrogen-bond acceptors (Lipinski definition) is 12. The van der Waals surface area contributed by atoms with Crippen LogP contribution in [0.5, 0.6) is 0 Å². The summed E-state index contributed by atoms with van der Waals surface area (Å²) in [6.45, 7) is 7.78. The number of rotatable bonds is 17. The third-order valence-corrected chi connectivity index (χ3v) is 13.3. The summed E-state index contributed by atoms with van der Waals surface area (Å²) in [6.07, 6.45) is 13.2. The average Bonchev–Trinajstić information content (AvgIpc) is 3.73. The third kappa shape index (κ3) is 8.17. The Balaban J connectivity index is 0.934. The van der Waals surface area contributed by atoms with Crippen molar-refractivity contribution in [1.29, 1.82) is 0 Å². The largest absolute Gasteiger partial charge is 0.463 e. The van der Waals surface area contributed by atoms with Crippen molar-refractivity contribution in [3.05, 3.63) is 22.2 Å². The molecule has 14 heteroatoms. The summed E-state index contributed by atoms with van der Waals surface area (Å²) in [5.41, 5.74) is 6.62. The molecule has 2 aromatic rings. The summed E-state index contributed by atoms with van der Waals surface area (Å²) < 4.78 is 20.9. The number of nitro benzene ring substituents is 1. The molecule has 4 fully saturated rings. The highest BCUT2D eigenvalue weighted by molar-refractivity contribution is 5.94. The average molecular weight is 713 g/mol. The number of benzene rings is 1. The number of carbonyl (C=O) groups is 2. The van der Waals surface area contributed by atoms with Crippen LogP contribution in [0.3, 0.4) is 0 Å². The maximum absolute atomic E-state index is 13.0. The number of nitrogens with one attached hydrogen (secondary N) is 2. The Hall–Kier alpha value is -3.36. The van der Waals surface area contributed by atoms with Gasteiger partial charge in [0.1, 0.15) is 6.61 Å². The molecule has 1 aromatic carbocycles. The van der Waals surface area contributed by atoms with Gasteiger partial charge < -0.3 is 30.6 Å². The minimum atomic E-state index is -0.530. The van der Waals surface area contributed by atoms with Gasteiger partial charge in [0.2, 0.25) is 11.4 Å². The van der Waals surface area contributed by atoms with Crippen LogP contribution < -0.4 is 16.4 Å². The minimum absolute atomic E-state index is 0.0347. The Bertz CT molecular complexity index is 1520. The molecule has 14 nitrogen and oxygen atoms in total. The number of non-ortho nitro benzene ring substituents is 1. The zero-order chi connectivity index (χ0) is 36.0. The summed E-state index contributed by atoms with van der Waals surface area (Å²) in [5.74, 6) is 3.28. The predicted octanol–water partition coefficient (Wildman–Crippen LogP) is 5.39. The van der Waals surface area contributed by atoms with E-state index in [1.807, 2.05) is 0 Å². The lowest BCUT2D eigenvalue weighted by Gasteiger charge is -2.61. The molecule has 51 heavy (non-hydrogen) atoms. The van der Waals surface area contributed by atoms with E-state index in [4.69, 9.17) is 24.6 Å². The molecular weight excluding hydrogens is 656 g/mol. The van der Waals surface area contributed by atoms with Crippen molar-refractivity contribution in [2.24, 2.45) is 46.2 Å². The molecule has 0 bridgehead atoms. The number of ether oxygens (including phenoxy) is 3. The molecule has 1 aromatic heterocycles. The van der Waals surface area contributed by atoms with Gasteiger partial charge in [0.25, 0.3) is 0 Å². The Morgan fingerprint density at radius 1 is 0.961 bits per heavy atom. The van der Waals surface area contributed by atoms with Gasteiger partial charge in [0.15, 0.2) is 5.52 Å². The molecule has 4 aliphatic rings. The first-order valence-electron chi connectivity index (χ1n) is 19.1. The molecule has 1 heterocycles. The standard InChI is InChI=1S/C37H56N6O8/c1-36-15-13-29-27(28(36)9-7-24(36)4-3-5-33(45)50-21-20-49-19-18-48-17-16-38)8-6-25-22-26(12-14-37(25,29)2)40-32(44)23-39-30-10-11-31(43(46)47)35-34(30)41-51-42-35/h10-11,24-29,39H,3-9,12-23,38H2,1-2H3,(H,40,44)/t24?,25?,26-,27?,28?,29?,36-,37?/m1/s1. The summed E-state index contributed by atoms with van der Waals surface area (Å²) in [7, 11) is 0. The number of carbonyl (C=O) groups excluding carboxylic acids is 2. The Kier molecular flexibility index (Phi) is 12.1. The predicted molar refractivity (Wildman–Crippen MR) is 190 cm³/mol. The molecule has 0 aliphatic heterocycles. The first-order chi connectivity index (χ1) is 24.6. The second kappa shape index (κ2) is 16.5. The van der Waals surface area contributed by atoms with Crippen molar-refractivity contribution in [3.8, 4) is 0 Å². The van der Waals surface area contributed by atoms with E-state index in [1.165, 1.54) is 50.7 Å². The van der Waals surface area contributed by atoms with Crippen LogP contribution in [0.15, 0.2) is 16.8 Å². The van der Waals surface area contributed by atoms with E-state index in [2.05, 4.69) is 34.8 Å². The Morgan fingerprint density at radius 2 is 1.71 bits per heavy atom. The molecule has 6 rings (SSSR count). The van der Waals surface area contributed by atoms with Crippen LogP contribution in [0, 0.1) is 50.5 Å². The van der Waals surface area contributed by atoms with Gasteiger partial charge in [-0.15, -0.1) is 0 Å². The van der Waals surface area contributed by atoms with Crippen LogP contribution in [0.1, 0.15) is 90.9 Å². The van der Waals surface area contributed by atoms with E-state index in [9.17, 15) is 19.7 Å². The minimum Gasteiger partial charge on any atom is -0.463 e. The molecule has 4 N–H and O–H groups in total. The molecule has 0 spiro atoms. The van der Waals surface area contributed by atoms with Crippen LogP contribution in [0.4, 0.5) is 11.4 Å². The van der Waals surface area contributed by atoms with E-state index in [0.29, 0.717) is 67.7 Å². The number of fused-ring (bicyclic) bond motifs is 6. The highest BCUT2D eigenvalue weighted by Crippen LogP contribution is 2.68. The summed E-state index contributed by atoms with van der Waals surface area (Å²) in [4.78, 5) is 36.2. The quantitative estimate of drug-likeness (QED) is 0.0820. The van der Waals surface area contributed by atoms with Crippen molar-refractivity contribution >= 4 is 34.3 Å². The summed E-state index contributed by atoms with van der Waals surface area (Å²) in [5, 5.41) is 25.1. The van der Waals surface area contributed by atoms with Gasteiger partial charge >= 0.3 is 11.7 Å². The van der Waals surface area contributed by atoms with Crippen LogP contribution in [0.2, 0.25) is 0 Å². The van der Waals surface area contributed by atoms with Crippen molar-refractivity contribution in [2.45, 2.75) is 96.9 Å². The zero-order valence-corrected chi connectivity index (χ0v) is 30.2. The molecule has 1 amide bonds. The molecule has 0 saturated heterocycles. The van der Waals surface area contributed by atoms with Crippen LogP contribution in [-0.2, 0) is 23.8 Å². The lowest BCUT2D eigenvalue weighted by molar-refractivity contribution is -0.383. The number of nitro groups is 1. The fourth-order valence-corrected chi connectivity index (χ4v) is 10.8. The Labute approximate surface area is 299 Å². The number of anilines is 1. The number of nitrogens with zero attached hydrogens (tertiary/aromatic N) is 3. The van der Waals surface area contributed by atoms with Crippen LogP contribution in [-0.4, -0.2) is 79.3 Å². The van der Waals surface area contributed by atoms with Gasteiger partial charge in [-0.05, 0) is 127 Å². The molecular formula is C37H56N6O8. The highest BCUT2D eigenvalue weighted by atomic mass is 16.6. The van der Waals surface area contributed by atoms with E-state index >= 15 is 0 Å². The molecule has 4 saturated carbocycles. The number of esters is 1. The fourth-order valence-electron chi connectivity index (χ4n) is 10.8. The van der Waals surface area contributed by atoms with Crippen molar-refractivity contribution in [1.82, 2.24) is 15.6 Å². The molecule has 8 atom stereocenters. The smallest absolute Gasteiger partial charge is 0.305 e. The van der Waals surface area contributed by atoms with Gasteiger partial charge in [-0.2, -0.15) is 0 Å². The van der Waals surface area contributed by atoms with E-state index < -0.39 is 4.92 Å². The van der Waals surface area contributed by atoms with Gasteiger partial charge in [-0.1, -0.05) is 13.8 Å². The topological polar surface area (TPSA) is 194 Å². The summed E-state index contributed by atoms with van der Waals surface area (Å²) in [6, 6.07) is 3.02. The highest BCUT2D eigenvalue weighted by Gasteiger charge is 2.60. The number of amides is 1. The van der Waals surface area contributed by atoms with Gasteiger partial charge in [0.05, 0.1) is 43.6 Å². The second-order valence-corrected chi connectivity index (χ2v) is 15.8. The van der Waals surface area contributed by atoms with E-state index in [1.54, 1.807) is 0 Å². The van der Waals surface area contributed by atoms with Gasteiger partial charge in [-0.3, -0.25) is 19.7 Å². The maximum atomic E-state index is 13.0. The van der Waals surface area contributed by atoms with E-state index in [0.717, 1.165) is 49.9 Å². The van der Waals surface area contributed by atoms with Crippen molar-refractivity contribution in [2.75, 3.05) is 51.4 Å². The van der Waals surface area contributed by atoms with Gasteiger partial charge in [-0.25, -0.2) is 4.63 Å². The molecule has 6 unspecified atom stereocenters. The van der Waals surface area contributed by atoms with Crippen molar-refractivity contribution < 1.29 is 33.4 Å². The molecule has 0 radical (unpaired) electrons. The number of hydrogen-bond donors (Lipinski definition) is 3. The lowest BCUT2D eigenvalue weighted by Crippen LogP contribution is -2.55. The number of aromatic nitrogens is 2. The lowest BCUT2D eigenvalue weighted by atomic mass is 9.44. The zero-order valence-electron chi connectivity index (χ0n) is 30.2. The molecule has 4 aliphatic carbocycles. The monoisotopic (exact) mass is 712 g/mol. The normalized spacial score (nSPS) is 31.4. The second-order valence-electron chi connectivity index (χ2n) is 15.8. The Morgan fingerprint density at radius 3 is 2.51 bits per heavy atom. The number of nitrogens with two attached hydrogens (primary N) is 1.